The molecule has 0 radical (unpaired) electrons. The van der Waals surface area contributed by atoms with Crippen molar-refractivity contribution in [1.82, 2.24) is 10.2 Å². The summed E-state index contributed by atoms with van der Waals surface area (Å²) in [6, 6.07) is -0.239. The predicted molar refractivity (Wildman–Crippen MR) is 85.2 cm³/mol. The van der Waals surface area contributed by atoms with Crippen LogP contribution >= 0.6 is 11.8 Å². The molecule has 2 saturated heterocycles. The van der Waals surface area contributed by atoms with Crippen LogP contribution in [-0.4, -0.2) is 46.3 Å². The summed E-state index contributed by atoms with van der Waals surface area (Å²) in [5, 5.41) is 3.05. The molecule has 2 aliphatic heterocycles. The predicted octanol–water partition coefficient (Wildman–Crippen LogP) is 2.18. The molecule has 3 rings (SSSR count). The van der Waals surface area contributed by atoms with Gasteiger partial charge >= 0.3 is 0 Å². The van der Waals surface area contributed by atoms with Crippen molar-refractivity contribution in [2.75, 3.05) is 11.5 Å². The number of thioether (sulfide) groups is 1. The SMILES string of the molecule is CCC1C(=O)NC(C2CCCCC2)C(=O)N1C1CCSC1. The highest BCUT2D eigenvalue weighted by atomic mass is 32.2. The van der Waals surface area contributed by atoms with E-state index in [1.807, 2.05) is 23.6 Å². The zero-order chi connectivity index (χ0) is 14.8. The molecule has 3 fully saturated rings. The minimum absolute atomic E-state index is 0.0737. The third kappa shape index (κ3) is 2.94. The van der Waals surface area contributed by atoms with Crippen molar-refractivity contribution in [3.63, 3.8) is 0 Å². The number of rotatable bonds is 3. The maximum atomic E-state index is 13.0. The minimum Gasteiger partial charge on any atom is -0.342 e. The van der Waals surface area contributed by atoms with E-state index in [0.717, 1.165) is 37.2 Å². The van der Waals surface area contributed by atoms with Gasteiger partial charge in [0.05, 0.1) is 0 Å². The summed E-state index contributed by atoms with van der Waals surface area (Å²) >= 11 is 1.90. The molecule has 1 aliphatic carbocycles. The Balaban J connectivity index is 1.80. The van der Waals surface area contributed by atoms with E-state index in [0.29, 0.717) is 5.92 Å². The van der Waals surface area contributed by atoms with Crippen LogP contribution in [0.2, 0.25) is 0 Å². The standard InChI is InChI=1S/C16H26N2O2S/c1-2-13-15(19)17-14(11-6-4-3-5-7-11)16(20)18(13)12-8-9-21-10-12/h11-14H,2-10H2,1H3,(H,17,19). The molecule has 4 nitrogen and oxygen atoms in total. The fraction of sp³-hybridized carbons (Fsp3) is 0.875. The fourth-order valence-electron chi connectivity index (χ4n) is 4.10. The maximum absolute atomic E-state index is 13.0. The summed E-state index contributed by atoms with van der Waals surface area (Å²) in [5.74, 6) is 2.73. The molecular weight excluding hydrogens is 284 g/mol. The quantitative estimate of drug-likeness (QED) is 0.869. The largest absolute Gasteiger partial charge is 0.342 e. The zero-order valence-corrected chi connectivity index (χ0v) is 13.7. The van der Waals surface area contributed by atoms with Crippen LogP contribution in [0.5, 0.6) is 0 Å². The summed E-state index contributed by atoms with van der Waals surface area (Å²) in [6.07, 6.45) is 7.59. The zero-order valence-electron chi connectivity index (χ0n) is 12.8. The lowest BCUT2D eigenvalue weighted by Crippen LogP contribution is -2.67. The topological polar surface area (TPSA) is 49.4 Å². The van der Waals surface area contributed by atoms with Crippen LogP contribution in [0.15, 0.2) is 0 Å². The van der Waals surface area contributed by atoms with Crippen molar-refractivity contribution in [1.29, 1.82) is 0 Å². The second kappa shape index (κ2) is 6.59. The van der Waals surface area contributed by atoms with Crippen molar-refractivity contribution in [2.45, 2.75) is 70.0 Å². The van der Waals surface area contributed by atoms with Gasteiger partial charge < -0.3 is 10.2 Å². The normalized spacial score (nSPS) is 35.1. The summed E-state index contributed by atoms with van der Waals surface area (Å²) in [7, 11) is 0. The molecule has 0 spiro atoms. The van der Waals surface area contributed by atoms with Crippen LogP contribution in [0.25, 0.3) is 0 Å². The number of piperazine rings is 1. The van der Waals surface area contributed by atoms with E-state index in [-0.39, 0.29) is 29.9 Å². The number of nitrogens with one attached hydrogen (secondary N) is 1. The van der Waals surface area contributed by atoms with Gasteiger partial charge in [-0.25, -0.2) is 0 Å². The highest BCUT2D eigenvalue weighted by Crippen LogP contribution is 2.32. The molecule has 1 saturated carbocycles. The van der Waals surface area contributed by atoms with Crippen molar-refractivity contribution in [2.24, 2.45) is 5.92 Å². The summed E-state index contributed by atoms with van der Waals surface area (Å²) < 4.78 is 0. The third-order valence-electron chi connectivity index (χ3n) is 5.26. The molecule has 3 unspecified atom stereocenters. The Kier molecular flexibility index (Phi) is 4.77. The first-order valence-electron chi connectivity index (χ1n) is 8.42. The summed E-state index contributed by atoms with van der Waals surface area (Å²) in [4.78, 5) is 27.5. The lowest BCUT2D eigenvalue weighted by molar-refractivity contribution is -0.153. The molecule has 5 heteroatoms. The van der Waals surface area contributed by atoms with Crippen molar-refractivity contribution in [3.8, 4) is 0 Å². The van der Waals surface area contributed by atoms with Gasteiger partial charge in [-0.2, -0.15) is 11.8 Å². The van der Waals surface area contributed by atoms with E-state index in [4.69, 9.17) is 0 Å². The first-order chi connectivity index (χ1) is 10.2. The highest BCUT2D eigenvalue weighted by Gasteiger charge is 2.46. The van der Waals surface area contributed by atoms with E-state index in [1.165, 1.54) is 19.3 Å². The van der Waals surface area contributed by atoms with E-state index in [2.05, 4.69) is 5.32 Å². The summed E-state index contributed by atoms with van der Waals surface area (Å²) in [6.45, 7) is 2.01. The van der Waals surface area contributed by atoms with E-state index < -0.39 is 0 Å². The van der Waals surface area contributed by atoms with Gasteiger partial charge in [-0.1, -0.05) is 26.2 Å². The van der Waals surface area contributed by atoms with Crippen molar-refractivity contribution in [3.05, 3.63) is 0 Å². The van der Waals surface area contributed by atoms with Gasteiger partial charge in [0.2, 0.25) is 11.8 Å². The molecule has 1 N–H and O–H groups in total. The van der Waals surface area contributed by atoms with Crippen LogP contribution in [0, 0.1) is 5.92 Å². The first-order valence-corrected chi connectivity index (χ1v) is 9.58. The Bertz CT molecular complexity index is 403. The van der Waals surface area contributed by atoms with E-state index in [1.54, 1.807) is 0 Å². The number of amides is 2. The van der Waals surface area contributed by atoms with Gasteiger partial charge in [0.1, 0.15) is 12.1 Å². The third-order valence-corrected chi connectivity index (χ3v) is 6.41. The number of hydrogen-bond acceptors (Lipinski definition) is 3. The molecule has 0 bridgehead atoms. The molecule has 118 valence electrons. The number of carbonyl (C=O) groups is 2. The van der Waals surface area contributed by atoms with E-state index >= 15 is 0 Å². The molecule has 0 aromatic carbocycles. The van der Waals surface area contributed by atoms with Gasteiger partial charge in [-0.3, -0.25) is 9.59 Å². The lowest BCUT2D eigenvalue weighted by atomic mass is 9.81. The summed E-state index contributed by atoms with van der Waals surface area (Å²) in [5.41, 5.74) is 0. The Hall–Kier alpha value is -0.710. The smallest absolute Gasteiger partial charge is 0.246 e. The number of nitrogens with zero attached hydrogens (tertiary/aromatic N) is 1. The number of carbonyl (C=O) groups excluding carboxylic acids is 2. The molecule has 21 heavy (non-hydrogen) atoms. The Labute approximate surface area is 131 Å². The van der Waals surface area contributed by atoms with Gasteiger partial charge in [-0.15, -0.1) is 0 Å². The number of hydrogen-bond donors (Lipinski definition) is 1. The van der Waals surface area contributed by atoms with Crippen molar-refractivity contribution < 1.29 is 9.59 Å². The Morgan fingerprint density at radius 2 is 1.95 bits per heavy atom. The molecule has 2 amide bonds. The minimum atomic E-state index is -0.258. The molecule has 3 aliphatic rings. The van der Waals surface area contributed by atoms with Crippen LogP contribution in [0.1, 0.15) is 51.9 Å². The van der Waals surface area contributed by atoms with Crippen LogP contribution in [-0.2, 0) is 9.59 Å². The Morgan fingerprint density at radius 3 is 2.57 bits per heavy atom. The van der Waals surface area contributed by atoms with E-state index in [9.17, 15) is 9.59 Å². The van der Waals surface area contributed by atoms with Crippen LogP contribution < -0.4 is 5.32 Å². The Morgan fingerprint density at radius 1 is 1.19 bits per heavy atom. The fourth-order valence-corrected chi connectivity index (χ4v) is 5.30. The first kappa shape index (κ1) is 15.2. The average Bonchev–Trinajstić information content (AvgIpc) is 3.03. The van der Waals surface area contributed by atoms with Crippen molar-refractivity contribution >= 4 is 23.6 Å². The average molecular weight is 310 g/mol. The molecular formula is C16H26N2O2S. The van der Waals surface area contributed by atoms with Gasteiger partial charge in [0.25, 0.3) is 0 Å². The molecule has 2 heterocycles. The van der Waals surface area contributed by atoms with Crippen LogP contribution in [0.3, 0.4) is 0 Å². The second-order valence-electron chi connectivity index (χ2n) is 6.57. The monoisotopic (exact) mass is 310 g/mol. The molecule has 0 aromatic rings. The van der Waals surface area contributed by atoms with Crippen LogP contribution in [0.4, 0.5) is 0 Å². The maximum Gasteiger partial charge on any atom is 0.246 e. The second-order valence-corrected chi connectivity index (χ2v) is 7.72. The highest BCUT2D eigenvalue weighted by molar-refractivity contribution is 7.99. The van der Waals surface area contributed by atoms with Gasteiger partial charge in [0.15, 0.2) is 0 Å². The molecule has 0 aromatic heterocycles. The lowest BCUT2D eigenvalue weighted by Gasteiger charge is -2.44. The van der Waals surface area contributed by atoms with Gasteiger partial charge in [-0.05, 0) is 37.4 Å². The van der Waals surface area contributed by atoms with Gasteiger partial charge in [0, 0.05) is 11.8 Å². The molecule has 3 atom stereocenters.